The molecule has 0 atom stereocenters. The minimum absolute atomic E-state index is 0.442. The maximum Gasteiger partial charge on any atom is 0.310 e. The van der Waals surface area contributed by atoms with Crippen LogP contribution in [-0.2, 0) is 11.3 Å². The monoisotopic (exact) mass is 341 g/mol. The van der Waals surface area contributed by atoms with Crippen LogP contribution in [0.1, 0.15) is 32.3 Å². The van der Waals surface area contributed by atoms with Gasteiger partial charge in [-0.05, 0) is 36.8 Å². The molecule has 1 aromatic carbocycles. The number of hydrogen-bond acceptors (Lipinski definition) is 5. The number of methoxy groups -OCH3 is 2. The first-order chi connectivity index (χ1) is 11.0. The molecule has 2 N–H and O–H groups in total. The van der Waals surface area contributed by atoms with Crippen LogP contribution in [0.5, 0.6) is 11.5 Å². The fourth-order valence-electron chi connectivity index (χ4n) is 2.55. The van der Waals surface area contributed by atoms with E-state index in [4.69, 9.17) is 9.47 Å². The molecule has 0 aromatic heterocycles. The summed E-state index contributed by atoms with van der Waals surface area (Å²) in [5.41, 5.74) is 0.359. The highest BCUT2D eigenvalue weighted by Crippen LogP contribution is 2.34. The Morgan fingerprint density at radius 2 is 1.78 bits per heavy atom. The molecule has 0 heterocycles. The Morgan fingerprint density at radius 1 is 1.22 bits per heavy atom. The van der Waals surface area contributed by atoms with Gasteiger partial charge in [-0.2, -0.15) is 0 Å². The number of benzene rings is 1. The molecule has 0 saturated carbocycles. The summed E-state index contributed by atoms with van der Waals surface area (Å²) in [7, 11) is 3.22. The number of aliphatic carboxylic acids is 1. The molecule has 5 nitrogen and oxygen atoms in total. The number of carboxylic acid groups (broad SMARTS) is 1. The van der Waals surface area contributed by atoms with E-state index < -0.39 is 11.4 Å². The Labute approximate surface area is 142 Å². The maximum atomic E-state index is 11.6. The van der Waals surface area contributed by atoms with Gasteiger partial charge in [-0.1, -0.05) is 13.8 Å². The molecular formula is C17H27NO4S. The second-order valence-electron chi connectivity index (χ2n) is 5.42. The summed E-state index contributed by atoms with van der Waals surface area (Å²) in [5.74, 6) is 0.632. The fourth-order valence-corrected chi connectivity index (χ4v) is 3.16. The number of nitrogens with one attached hydrogen (secondary N) is 1. The quantitative estimate of drug-likeness (QED) is 0.636. The van der Waals surface area contributed by atoms with Crippen LogP contribution >= 0.6 is 11.8 Å². The molecule has 0 aliphatic heterocycles. The number of hydrogen-bond donors (Lipinski definition) is 2. The van der Waals surface area contributed by atoms with E-state index in [1.54, 1.807) is 26.0 Å². The average Bonchev–Trinajstić information content (AvgIpc) is 2.57. The van der Waals surface area contributed by atoms with Crippen LogP contribution in [0.3, 0.4) is 0 Å². The largest absolute Gasteiger partial charge is 0.493 e. The average molecular weight is 341 g/mol. The minimum Gasteiger partial charge on any atom is -0.493 e. The highest BCUT2D eigenvalue weighted by molar-refractivity contribution is 7.98. The van der Waals surface area contributed by atoms with Crippen molar-refractivity contribution in [2.75, 3.05) is 27.0 Å². The summed E-state index contributed by atoms with van der Waals surface area (Å²) in [6, 6.07) is 3.89. The van der Waals surface area contributed by atoms with E-state index in [-0.39, 0.29) is 0 Å². The normalized spacial score (nSPS) is 11.3. The van der Waals surface area contributed by atoms with Crippen molar-refractivity contribution < 1.29 is 19.4 Å². The van der Waals surface area contributed by atoms with E-state index in [0.717, 1.165) is 10.5 Å². The molecule has 1 rings (SSSR count). The lowest BCUT2D eigenvalue weighted by Crippen LogP contribution is -2.40. The molecule has 0 aliphatic rings. The maximum absolute atomic E-state index is 11.6. The predicted octanol–water partition coefficient (Wildman–Crippen LogP) is 3.41. The van der Waals surface area contributed by atoms with Crippen LogP contribution in [0.15, 0.2) is 17.0 Å². The Morgan fingerprint density at radius 3 is 2.22 bits per heavy atom. The Bertz CT molecular complexity index is 530. The van der Waals surface area contributed by atoms with Crippen molar-refractivity contribution in [1.29, 1.82) is 0 Å². The molecule has 0 saturated heterocycles. The Hall–Kier alpha value is -1.40. The minimum atomic E-state index is -0.743. The van der Waals surface area contributed by atoms with Crippen molar-refractivity contribution >= 4 is 17.7 Å². The molecule has 0 unspecified atom stereocenters. The Kier molecular flexibility index (Phi) is 7.72. The molecule has 0 amide bonds. The van der Waals surface area contributed by atoms with E-state index in [0.29, 0.717) is 37.4 Å². The van der Waals surface area contributed by atoms with Gasteiger partial charge in [0.05, 0.1) is 19.6 Å². The lowest BCUT2D eigenvalue weighted by atomic mass is 9.82. The first-order valence-corrected chi connectivity index (χ1v) is 8.93. The SMILES string of the molecule is CCC(CC)(CNCc1cc(OC)c(OC)cc1SC)C(=O)O. The van der Waals surface area contributed by atoms with Crippen LogP contribution < -0.4 is 14.8 Å². The van der Waals surface area contributed by atoms with Gasteiger partial charge < -0.3 is 19.9 Å². The van der Waals surface area contributed by atoms with Gasteiger partial charge in [-0.15, -0.1) is 11.8 Å². The van der Waals surface area contributed by atoms with Crippen molar-refractivity contribution in [2.24, 2.45) is 5.41 Å². The van der Waals surface area contributed by atoms with Gasteiger partial charge >= 0.3 is 5.97 Å². The van der Waals surface area contributed by atoms with Crippen molar-refractivity contribution in [3.63, 3.8) is 0 Å². The first kappa shape index (κ1) is 19.6. The van der Waals surface area contributed by atoms with Gasteiger partial charge in [0.25, 0.3) is 0 Å². The standard InChI is InChI=1S/C17H27NO4S/c1-6-17(7-2,16(19)20)11-18-10-12-8-13(21-3)14(22-4)9-15(12)23-5/h8-9,18H,6-7,10-11H2,1-5H3,(H,19,20). The van der Waals surface area contributed by atoms with Crippen LogP contribution in [0.2, 0.25) is 0 Å². The van der Waals surface area contributed by atoms with Crippen molar-refractivity contribution in [3.8, 4) is 11.5 Å². The van der Waals surface area contributed by atoms with Gasteiger partial charge in [0.1, 0.15) is 0 Å². The Balaban J connectivity index is 2.90. The lowest BCUT2D eigenvalue weighted by Gasteiger charge is -2.27. The van der Waals surface area contributed by atoms with E-state index in [1.807, 2.05) is 32.2 Å². The third kappa shape index (κ3) is 4.54. The number of rotatable bonds is 10. The smallest absolute Gasteiger partial charge is 0.310 e. The number of carbonyl (C=O) groups is 1. The third-order valence-corrected chi connectivity index (χ3v) is 5.19. The number of thioether (sulfide) groups is 1. The molecular weight excluding hydrogens is 314 g/mol. The number of carboxylic acids is 1. The van der Waals surface area contributed by atoms with Crippen molar-refractivity contribution in [2.45, 2.75) is 38.1 Å². The first-order valence-electron chi connectivity index (χ1n) is 7.71. The summed E-state index contributed by atoms with van der Waals surface area (Å²) < 4.78 is 10.7. The molecule has 1 aromatic rings. The fraction of sp³-hybridized carbons (Fsp3) is 0.588. The van der Waals surface area contributed by atoms with Crippen molar-refractivity contribution in [1.82, 2.24) is 5.32 Å². The zero-order chi connectivity index (χ0) is 17.5. The van der Waals surface area contributed by atoms with Gasteiger partial charge in [0.2, 0.25) is 0 Å². The number of ether oxygens (including phenoxy) is 2. The zero-order valence-electron chi connectivity index (χ0n) is 14.6. The van der Waals surface area contributed by atoms with Gasteiger partial charge in [-0.25, -0.2) is 0 Å². The van der Waals surface area contributed by atoms with Crippen LogP contribution in [0.4, 0.5) is 0 Å². The molecule has 130 valence electrons. The highest BCUT2D eigenvalue weighted by Gasteiger charge is 2.34. The van der Waals surface area contributed by atoms with Gasteiger partial charge in [0.15, 0.2) is 11.5 Å². The summed E-state index contributed by atoms with van der Waals surface area (Å²) >= 11 is 1.63. The molecule has 0 spiro atoms. The second-order valence-corrected chi connectivity index (χ2v) is 6.26. The summed E-state index contributed by atoms with van der Waals surface area (Å²) in [6.07, 6.45) is 3.21. The zero-order valence-corrected chi connectivity index (χ0v) is 15.4. The van der Waals surface area contributed by atoms with Gasteiger partial charge in [0, 0.05) is 18.0 Å². The summed E-state index contributed by atoms with van der Waals surface area (Å²) in [4.78, 5) is 12.6. The van der Waals surface area contributed by atoms with E-state index in [1.165, 1.54) is 0 Å². The summed E-state index contributed by atoms with van der Waals surface area (Å²) in [6.45, 7) is 4.87. The van der Waals surface area contributed by atoms with Crippen LogP contribution in [0.25, 0.3) is 0 Å². The van der Waals surface area contributed by atoms with Gasteiger partial charge in [-0.3, -0.25) is 4.79 Å². The molecule has 0 bridgehead atoms. The highest BCUT2D eigenvalue weighted by atomic mass is 32.2. The molecule has 0 radical (unpaired) electrons. The predicted molar refractivity (Wildman–Crippen MR) is 93.7 cm³/mol. The van der Waals surface area contributed by atoms with Crippen LogP contribution in [-0.4, -0.2) is 38.1 Å². The van der Waals surface area contributed by atoms with Crippen LogP contribution in [0, 0.1) is 5.41 Å². The molecule has 0 aliphatic carbocycles. The van der Waals surface area contributed by atoms with Crippen molar-refractivity contribution in [3.05, 3.63) is 17.7 Å². The topological polar surface area (TPSA) is 67.8 Å². The van der Waals surface area contributed by atoms with E-state index in [9.17, 15) is 9.90 Å². The third-order valence-electron chi connectivity index (χ3n) is 4.37. The molecule has 0 fully saturated rings. The van der Waals surface area contributed by atoms with E-state index >= 15 is 0 Å². The molecule has 6 heteroatoms. The summed E-state index contributed by atoms with van der Waals surface area (Å²) in [5, 5.41) is 12.8. The van der Waals surface area contributed by atoms with E-state index in [2.05, 4.69) is 5.32 Å². The molecule has 23 heavy (non-hydrogen) atoms. The lowest BCUT2D eigenvalue weighted by molar-refractivity contribution is -0.149. The second kappa shape index (κ2) is 9.03.